The van der Waals surface area contributed by atoms with Gasteiger partial charge in [-0.1, -0.05) is 30.9 Å². The van der Waals surface area contributed by atoms with Crippen molar-refractivity contribution in [3.8, 4) is 5.75 Å². The highest BCUT2D eigenvalue weighted by Gasteiger charge is 2.35. The first kappa shape index (κ1) is 28.8. The third-order valence-corrected chi connectivity index (χ3v) is 7.08. The van der Waals surface area contributed by atoms with Crippen molar-refractivity contribution >= 4 is 28.0 Å². The molecule has 2 N–H and O–H groups in total. The number of rotatable bonds is 10. The van der Waals surface area contributed by atoms with Crippen molar-refractivity contribution in [3.63, 3.8) is 0 Å². The highest BCUT2D eigenvalue weighted by atomic mass is 32.1. The summed E-state index contributed by atoms with van der Waals surface area (Å²) in [7, 11) is 3.67. The topological polar surface area (TPSA) is 75.9 Å². The average Bonchev–Trinajstić information content (AvgIpc) is 3.27. The van der Waals surface area contributed by atoms with E-state index in [2.05, 4.69) is 6.58 Å². The van der Waals surface area contributed by atoms with Crippen LogP contribution in [0.5, 0.6) is 5.75 Å². The molecule has 0 aliphatic heterocycles. The number of hydrogen-bond donors (Lipinski definition) is 1. The second-order valence-corrected chi connectivity index (χ2v) is 10.1. The first-order valence-electron chi connectivity index (χ1n) is 11.8. The van der Waals surface area contributed by atoms with Crippen molar-refractivity contribution in [2.24, 2.45) is 11.7 Å². The Morgan fingerprint density at radius 3 is 2.53 bits per heavy atom. The maximum absolute atomic E-state index is 13.5. The molecule has 0 bridgehead atoms. The molecule has 1 aromatic carbocycles. The Bertz CT molecular complexity index is 1310. The van der Waals surface area contributed by atoms with Crippen molar-refractivity contribution < 1.29 is 27.5 Å². The van der Waals surface area contributed by atoms with Crippen LogP contribution in [0.1, 0.15) is 47.2 Å². The summed E-state index contributed by atoms with van der Waals surface area (Å²) < 4.78 is 46.4. The number of carbonyl (C=O) groups excluding carboxylic acids is 2. The van der Waals surface area contributed by atoms with Gasteiger partial charge < -0.3 is 20.3 Å². The summed E-state index contributed by atoms with van der Waals surface area (Å²) in [6, 6.07) is 6.69. The van der Waals surface area contributed by atoms with Gasteiger partial charge in [0, 0.05) is 49.7 Å². The smallest absolute Gasteiger partial charge is 0.416 e. The summed E-state index contributed by atoms with van der Waals surface area (Å²) in [6.45, 7) is 7.27. The van der Waals surface area contributed by atoms with Gasteiger partial charge in [0.15, 0.2) is 5.78 Å². The molecule has 2 atom stereocenters. The van der Waals surface area contributed by atoms with Crippen LogP contribution >= 0.6 is 11.3 Å². The fourth-order valence-corrected chi connectivity index (χ4v) is 5.04. The highest BCUT2D eigenvalue weighted by molar-refractivity contribution is 7.18. The normalized spacial score (nSPS) is 16.4. The molecule has 10 heteroatoms. The molecular formula is C28H30F3N3O3S. The van der Waals surface area contributed by atoms with E-state index in [0.717, 1.165) is 28.7 Å². The number of primary amides is 1. The number of ketones is 1. The lowest BCUT2D eigenvalue weighted by Gasteiger charge is -2.26. The second kappa shape index (κ2) is 11.7. The van der Waals surface area contributed by atoms with E-state index in [9.17, 15) is 22.8 Å². The number of anilines is 1. The first-order valence-corrected chi connectivity index (χ1v) is 12.6. The van der Waals surface area contributed by atoms with E-state index in [1.807, 2.05) is 33.2 Å². The van der Waals surface area contributed by atoms with Crippen molar-refractivity contribution in [2.75, 3.05) is 19.0 Å². The highest BCUT2D eigenvalue weighted by Crippen LogP contribution is 2.42. The van der Waals surface area contributed by atoms with Gasteiger partial charge in [-0.05, 0) is 44.1 Å². The molecule has 0 fully saturated rings. The summed E-state index contributed by atoms with van der Waals surface area (Å²) in [5.74, 6) is -1.01. The molecule has 3 rings (SSSR count). The van der Waals surface area contributed by atoms with Gasteiger partial charge in [-0.2, -0.15) is 13.2 Å². The Morgan fingerprint density at radius 2 is 1.95 bits per heavy atom. The second-order valence-electron chi connectivity index (χ2n) is 9.06. The molecule has 1 heterocycles. The molecule has 1 unspecified atom stereocenters. The average molecular weight is 546 g/mol. The van der Waals surface area contributed by atoms with Crippen LogP contribution in [-0.2, 0) is 11.0 Å². The van der Waals surface area contributed by atoms with Crippen LogP contribution in [0.15, 0.2) is 78.8 Å². The molecule has 0 saturated carbocycles. The Kier molecular flexibility index (Phi) is 8.88. The van der Waals surface area contributed by atoms with Crippen molar-refractivity contribution in [2.45, 2.75) is 32.5 Å². The lowest BCUT2D eigenvalue weighted by molar-refractivity contribution is -0.139. The minimum absolute atomic E-state index is 0.0190. The van der Waals surface area contributed by atoms with Gasteiger partial charge in [0.2, 0.25) is 0 Å². The summed E-state index contributed by atoms with van der Waals surface area (Å²) in [4.78, 5) is 28.3. The van der Waals surface area contributed by atoms with E-state index in [4.69, 9.17) is 10.5 Å². The van der Waals surface area contributed by atoms with Crippen LogP contribution in [0.2, 0.25) is 0 Å². The van der Waals surface area contributed by atoms with Gasteiger partial charge in [-0.25, -0.2) is 0 Å². The molecule has 202 valence electrons. The van der Waals surface area contributed by atoms with E-state index < -0.39 is 23.8 Å². The number of benzene rings is 1. The molecule has 0 spiro atoms. The van der Waals surface area contributed by atoms with Gasteiger partial charge in [0.05, 0.1) is 5.56 Å². The molecule has 6 nitrogen and oxygen atoms in total. The number of thiophene rings is 1. The largest absolute Gasteiger partial charge is 0.484 e. The number of nitrogens with two attached hydrogens (primary N) is 1. The molecule has 1 aliphatic rings. The van der Waals surface area contributed by atoms with Crippen LogP contribution in [-0.4, -0.2) is 30.7 Å². The van der Waals surface area contributed by atoms with E-state index in [1.165, 1.54) is 25.1 Å². The van der Waals surface area contributed by atoms with E-state index >= 15 is 0 Å². The number of alkyl halides is 3. The zero-order valence-corrected chi connectivity index (χ0v) is 22.4. The van der Waals surface area contributed by atoms with Crippen LogP contribution in [0.4, 0.5) is 18.2 Å². The number of nitrogens with zero attached hydrogens (tertiary/aromatic N) is 2. The van der Waals surface area contributed by atoms with Gasteiger partial charge >= 0.3 is 6.18 Å². The third kappa shape index (κ3) is 6.55. The van der Waals surface area contributed by atoms with Gasteiger partial charge in [0.25, 0.3) is 5.91 Å². The van der Waals surface area contributed by atoms with E-state index in [1.54, 1.807) is 34.3 Å². The quantitative estimate of drug-likeness (QED) is 0.347. The molecular weight excluding hydrogens is 515 g/mol. The third-order valence-electron chi connectivity index (χ3n) is 5.95. The summed E-state index contributed by atoms with van der Waals surface area (Å²) in [6.07, 6.45) is 3.36. The maximum atomic E-state index is 13.5. The number of halogens is 3. The Hall–Kier alpha value is -3.79. The number of amides is 1. The van der Waals surface area contributed by atoms with Crippen molar-refractivity contribution in [3.05, 3.63) is 94.8 Å². The Morgan fingerprint density at radius 1 is 1.26 bits per heavy atom. The predicted molar refractivity (Wildman–Crippen MR) is 144 cm³/mol. The molecule has 38 heavy (non-hydrogen) atoms. The van der Waals surface area contributed by atoms with Crippen LogP contribution in [0.3, 0.4) is 0 Å². The maximum Gasteiger partial charge on any atom is 0.416 e. The Labute approximate surface area is 224 Å². The summed E-state index contributed by atoms with van der Waals surface area (Å²) >= 11 is 1.04. The number of hydrogen-bond acceptors (Lipinski definition) is 6. The number of allylic oxidation sites excluding steroid dienone is 4. The van der Waals surface area contributed by atoms with Crippen molar-refractivity contribution in [1.82, 2.24) is 4.90 Å². The summed E-state index contributed by atoms with van der Waals surface area (Å²) in [5, 5.41) is 0.538. The molecule has 1 amide bonds. The first-order chi connectivity index (χ1) is 17.8. The standard InChI is InChI=1S/C28H30F3N3O3S/c1-6-34(22-12-11-19(15-17(22)2)23(35)13-14-33(4)5)25-16-24(26(38-25)27(32)36)37-18(3)20-9-7-8-10-21(20)28(29,30)31/h6-14,16,18-19H,1,15H2,2-5H3,(H2,32,36)/b14-13+/t18-,19?/m1/s1. The fourth-order valence-electron chi connectivity index (χ4n) is 4.09. The lowest BCUT2D eigenvalue weighted by atomic mass is 9.89. The molecule has 1 aromatic heterocycles. The zero-order valence-electron chi connectivity index (χ0n) is 21.6. The Balaban J connectivity index is 1.90. The molecule has 1 aliphatic carbocycles. The number of carbonyl (C=O) groups is 2. The SMILES string of the molecule is C=CN(C1=C(C)CC(C(=O)/C=C/N(C)C)C=C1)c1cc(O[C@H](C)c2ccccc2C(F)(F)F)c(C(N)=O)s1. The van der Waals surface area contributed by atoms with Gasteiger partial charge in [-0.3, -0.25) is 9.59 Å². The number of ether oxygens (including phenoxy) is 1. The van der Waals surface area contributed by atoms with Gasteiger partial charge in [0.1, 0.15) is 21.7 Å². The van der Waals surface area contributed by atoms with Crippen molar-refractivity contribution in [1.29, 1.82) is 0 Å². The molecule has 0 saturated heterocycles. The van der Waals surface area contributed by atoms with Crippen LogP contribution in [0, 0.1) is 5.92 Å². The van der Waals surface area contributed by atoms with E-state index in [0.29, 0.717) is 11.4 Å². The summed E-state index contributed by atoms with van der Waals surface area (Å²) in [5.41, 5.74) is 6.40. The monoisotopic (exact) mass is 545 g/mol. The zero-order chi connectivity index (χ0) is 28.2. The van der Waals surface area contributed by atoms with E-state index in [-0.39, 0.29) is 27.9 Å². The molecule has 2 aromatic rings. The van der Waals surface area contributed by atoms with Crippen LogP contribution < -0.4 is 15.4 Å². The minimum Gasteiger partial charge on any atom is -0.484 e. The fraction of sp³-hybridized carbons (Fsp3) is 0.286. The van der Waals surface area contributed by atoms with Gasteiger partial charge in [-0.15, -0.1) is 11.3 Å². The molecule has 0 radical (unpaired) electrons. The van der Waals surface area contributed by atoms with Crippen LogP contribution in [0.25, 0.3) is 0 Å². The minimum atomic E-state index is -4.56. The lowest BCUT2D eigenvalue weighted by Crippen LogP contribution is -2.20. The predicted octanol–water partition coefficient (Wildman–Crippen LogP) is 6.45.